The summed E-state index contributed by atoms with van der Waals surface area (Å²) in [6.07, 6.45) is 0. The number of benzene rings is 3. The first-order chi connectivity index (χ1) is 15.1. The van der Waals surface area contributed by atoms with Crippen molar-refractivity contribution in [3.63, 3.8) is 0 Å². The normalized spacial score (nSPS) is 11.6. The lowest BCUT2D eigenvalue weighted by Gasteiger charge is -2.15. The number of anilines is 2. The van der Waals surface area contributed by atoms with Crippen LogP contribution in [0.15, 0.2) is 70.5 Å². The van der Waals surface area contributed by atoms with Gasteiger partial charge in [-0.1, -0.05) is 17.7 Å². The number of rotatable bonds is 8. The van der Waals surface area contributed by atoms with Crippen molar-refractivity contribution in [1.29, 1.82) is 0 Å². The molecule has 0 amide bonds. The molecule has 0 fully saturated rings. The summed E-state index contributed by atoms with van der Waals surface area (Å²) >= 11 is 0. The number of aryl methyl sites for hydroxylation is 2. The number of ether oxygens (including phenoxy) is 2. The van der Waals surface area contributed by atoms with Gasteiger partial charge in [0.2, 0.25) is 0 Å². The predicted molar refractivity (Wildman–Crippen MR) is 124 cm³/mol. The molecule has 0 aliphatic heterocycles. The molecule has 32 heavy (non-hydrogen) atoms. The Hall–Kier alpha value is -3.24. The minimum Gasteiger partial charge on any atom is -0.497 e. The van der Waals surface area contributed by atoms with Crippen LogP contribution in [-0.2, 0) is 20.0 Å². The largest absolute Gasteiger partial charge is 0.497 e. The first kappa shape index (κ1) is 23.4. The highest BCUT2D eigenvalue weighted by Crippen LogP contribution is 2.31. The maximum absolute atomic E-state index is 13.0. The lowest BCUT2D eigenvalue weighted by atomic mass is 10.2. The van der Waals surface area contributed by atoms with Crippen LogP contribution in [0.4, 0.5) is 11.4 Å². The van der Waals surface area contributed by atoms with Gasteiger partial charge in [-0.25, -0.2) is 16.8 Å². The maximum atomic E-state index is 13.0. The Kier molecular flexibility index (Phi) is 6.65. The lowest BCUT2D eigenvalue weighted by molar-refractivity contribution is 0.415. The fraction of sp³-hybridized carbons (Fsp3) is 0.182. The minimum atomic E-state index is -4.00. The van der Waals surface area contributed by atoms with Gasteiger partial charge in [-0.2, -0.15) is 0 Å². The summed E-state index contributed by atoms with van der Waals surface area (Å²) in [5.74, 6) is 0.766. The molecule has 0 atom stereocenters. The molecule has 0 unspecified atom stereocenters. The Bertz CT molecular complexity index is 1340. The summed E-state index contributed by atoms with van der Waals surface area (Å²) in [4.78, 5) is -0.0396. The van der Waals surface area contributed by atoms with E-state index in [2.05, 4.69) is 9.44 Å². The van der Waals surface area contributed by atoms with E-state index in [1.165, 1.54) is 38.5 Å². The number of hydrogen-bond donors (Lipinski definition) is 2. The zero-order chi connectivity index (χ0) is 23.5. The summed E-state index contributed by atoms with van der Waals surface area (Å²) in [5, 5.41) is 0. The van der Waals surface area contributed by atoms with Gasteiger partial charge in [-0.05, 0) is 67.9 Å². The Morgan fingerprint density at radius 2 is 1.41 bits per heavy atom. The van der Waals surface area contributed by atoms with Crippen molar-refractivity contribution < 1.29 is 26.3 Å². The van der Waals surface area contributed by atoms with E-state index >= 15 is 0 Å². The van der Waals surface area contributed by atoms with Crippen LogP contribution >= 0.6 is 0 Å². The van der Waals surface area contributed by atoms with E-state index < -0.39 is 20.0 Å². The SMILES string of the molecule is COc1ccc(NS(=O)(=O)c2ccc(OC)c(NS(=O)(=O)c3ccc(C)cc3C)c2)cc1. The average molecular weight is 477 g/mol. The van der Waals surface area contributed by atoms with Gasteiger partial charge in [0, 0.05) is 5.69 Å². The molecule has 0 saturated carbocycles. The van der Waals surface area contributed by atoms with Crippen LogP contribution in [0.2, 0.25) is 0 Å². The van der Waals surface area contributed by atoms with Crippen molar-refractivity contribution in [3.05, 3.63) is 71.8 Å². The first-order valence-corrected chi connectivity index (χ1v) is 12.5. The van der Waals surface area contributed by atoms with E-state index in [-0.39, 0.29) is 21.2 Å². The monoisotopic (exact) mass is 476 g/mol. The Balaban J connectivity index is 1.95. The molecule has 0 aliphatic carbocycles. The molecule has 0 spiro atoms. The molecule has 3 aromatic rings. The molecule has 0 radical (unpaired) electrons. The van der Waals surface area contributed by atoms with E-state index in [1.54, 1.807) is 43.3 Å². The second-order valence-corrected chi connectivity index (χ2v) is 10.4. The molecule has 3 rings (SSSR count). The number of sulfonamides is 2. The van der Waals surface area contributed by atoms with E-state index in [0.717, 1.165) is 5.56 Å². The molecule has 10 heteroatoms. The average Bonchev–Trinajstić information content (AvgIpc) is 2.73. The number of methoxy groups -OCH3 is 2. The standard InChI is InChI=1S/C22H24N2O6S2/c1-15-5-12-22(16(2)13-15)32(27,28)24-20-14-19(10-11-21(20)30-4)31(25,26)23-17-6-8-18(29-3)9-7-17/h5-14,23-24H,1-4H3. The van der Waals surface area contributed by atoms with Crippen molar-refractivity contribution in [3.8, 4) is 11.5 Å². The van der Waals surface area contributed by atoms with Crippen molar-refractivity contribution >= 4 is 31.4 Å². The highest BCUT2D eigenvalue weighted by atomic mass is 32.2. The van der Waals surface area contributed by atoms with Gasteiger partial charge in [0.05, 0.1) is 29.7 Å². The fourth-order valence-electron chi connectivity index (χ4n) is 3.11. The van der Waals surface area contributed by atoms with Crippen LogP contribution in [0.3, 0.4) is 0 Å². The van der Waals surface area contributed by atoms with Gasteiger partial charge in [-0.15, -0.1) is 0 Å². The third-order valence-electron chi connectivity index (χ3n) is 4.69. The van der Waals surface area contributed by atoms with Crippen LogP contribution in [0.5, 0.6) is 11.5 Å². The highest BCUT2D eigenvalue weighted by Gasteiger charge is 2.22. The van der Waals surface area contributed by atoms with Gasteiger partial charge in [-0.3, -0.25) is 9.44 Å². The minimum absolute atomic E-state index is 0.00470. The van der Waals surface area contributed by atoms with Crippen LogP contribution in [0.25, 0.3) is 0 Å². The predicted octanol–water partition coefficient (Wildman–Crippen LogP) is 3.92. The summed E-state index contributed by atoms with van der Waals surface area (Å²) in [6, 6.07) is 15.3. The second kappa shape index (κ2) is 9.09. The zero-order valence-corrected chi connectivity index (χ0v) is 19.7. The second-order valence-electron chi connectivity index (χ2n) is 7.07. The number of nitrogens with one attached hydrogen (secondary N) is 2. The van der Waals surface area contributed by atoms with Gasteiger partial charge >= 0.3 is 0 Å². The molecule has 0 aliphatic rings. The zero-order valence-electron chi connectivity index (χ0n) is 18.0. The molecule has 170 valence electrons. The van der Waals surface area contributed by atoms with Gasteiger partial charge in [0.15, 0.2) is 0 Å². The molecule has 3 aromatic carbocycles. The van der Waals surface area contributed by atoms with Crippen molar-refractivity contribution in [2.75, 3.05) is 23.7 Å². The van der Waals surface area contributed by atoms with Crippen LogP contribution in [-0.4, -0.2) is 31.1 Å². The van der Waals surface area contributed by atoms with Crippen molar-refractivity contribution in [2.24, 2.45) is 0 Å². The van der Waals surface area contributed by atoms with E-state index in [4.69, 9.17) is 9.47 Å². The Labute approximate surface area is 188 Å². The van der Waals surface area contributed by atoms with Crippen LogP contribution in [0.1, 0.15) is 11.1 Å². The Morgan fingerprint density at radius 3 is 2.00 bits per heavy atom. The van der Waals surface area contributed by atoms with Crippen LogP contribution in [0, 0.1) is 13.8 Å². The first-order valence-electron chi connectivity index (χ1n) is 9.51. The lowest BCUT2D eigenvalue weighted by Crippen LogP contribution is -2.17. The molecule has 0 bridgehead atoms. The van der Waals surface area contributed by atoms with E-state index in [1.807, 2.05) is 6.92 Å². The number of hydrogen-bond acceptors (Lipinski definition) is 6. The third kappa shape index (κ3) is 5.14. The topological polar surface area (TPSA) is 111 Å². The maximum Gasteiger partial charge on any atom is 0.262 e. The molecule has 0 aromatic heterocycles. The van der Waals surface area contributed by atoms with Gasteiger partial charge in [0.25, 0.3) is 20.0 Å². The highest BCUT2D eigenvalue weighted by molar-refractivity contribution is 7.93. The summed E-state index contributed by atoms with van der Waals surface area (Å²) in [7, 11) is -5.10. The van der Waals surface area contributed by atoms with Crippen LogP contribution < -0.4 is 18.9 Å². The summed E-state index contributed by atoms with van der Waals surface area (Å²) in [5.41, 5.74) is 1.84. The van der Waals surface area contributed by atoms with E-state index in [9.17, 15) is 16.8 Å². The molecule has 0 saturated heterocycles. The quantitative estimate of drug-likeness (QED) is 0.510. The van der Waals surface area contributed by atoms with E-state index in [0.29, 0.717) is 17.0 Å². The summed E-state index contributed by atoms with van der Waals surface area (Å²) < 4.78 is 66.9. The Morgan fingerprint density at radius 1 is 0.719 bits per heavy atom. The fourth-order valence-corrected chi connectivity index (χ4v) is 5.48. The smallest absolute Gasteiger partial charge is 0.262 e. The summed E-state index contributed by atoms with van der Waals surface area (Å²) in [6.45, 7) is 3.56. The third-order valence-corrected chi connectivity index (χ3v) is 7.59. The molecule has 2 N–H and O–H groups in total. The molecule has 8 nitrogen and oxygen atoms in total. The van der Waals surface area contributed by atoms with Gasteiger partial charge < -0.3 is 9.47 Å². The van der Waals surface area contributed by atoms with Crippen molar-refractivity contribution in [2.45, 2.75) is 23.6 Å². The molecule has 0 heterocycles. The van der Waals surface area contributed by atoms with Gasteiger partial charge in [0.1, 0.15) is 11.5 Å². The molecular formula is C22H24N2O6S2. The molecular weight excluding hydrogens is 452 g/mol. The van der Waals surface area contributed by atoms with Crippen molar-refractivity contribution in [1.82, 2.24) is 0 Å².